The Morgan fingerprint density at radius 2 is 1.77 bits per heavy atom. The zero-order valence-corrected chi connectivity index (χ0v) is 19.5. The van der Waals surface area contributed by atoms with Gasteiger partial charge in [0.2, 0.25) is 11.8 Å². The first-order valence-electron chi connectivity index (χ1n) is 11.0. The number of nitrogens with zero attached hydrogens (tertiary/aromatic N) is 2. The number of sulfone groups is 1. The molecule has 1 aromatic heterocycles. The van der Waals surface area contributed by atoms with E-state index < -0.39 is 9.84 Å². The average molecular weight is 465 g/mol. The normalized spacial score (nSPS) is 20.5. The third-order valence-electron chi connectivity index (χ3n) is 6.55. The number of aromatic nitrogens is 1. The third-order valence-corrected chi connectivity index (χ3v) is 8.41. The summed E-state index contributed by atoms with van der Waals surface area (Å²) < 4.78 is 29.6. The smallest absolute Gasteiger partial charge is 0.223 e. The van der Waals surface area contributed by atoms with Gasteiger partial charge < -0.3 is 9.32 Å². The molecule has 2 aromatic rings. The molecule has 1 aromatic carbocycles. The van der Waals surface area contributed by atoms with Gasteiger partial charge in [-0.1, -0.05) is 49.9 Å². The first kappa shape index (κ1) is 22.3. The van der Waals surface area contributed by atoms with Crippen molar-refractivity contribution in [1.82, 2.24) is 9.88 Å². The molecule has 0 bridgehead atoms. The van der Waals surface area contributed by atoms with Gasteiger partial charge in [0.15, 0.2) is 9.84 Å². The Balaban J connectivity index is 1.55. The van der Waals surface area contributed by atoms with E-state index >= 15 is 0 Å². The van der Waals surface area contributed by atoms with Crippen molar-refractivity contribution in [3.8, 4) is 11.3 Å². The summed E-state index contributed by atoms with van der Waals surface area (Å²) in [5.41, 5.74) is 1.61. The highest BCUT2D eigenvalue weighted by atomic mass is 35.5. The van der Waals surface area contributed by atoms with Crippen molar-refractivity contribution in [2.75, 3.05) is 24.6 Å². The van der Waals surface area contributed by atoms with Crippen molar-refractivity contribution in [3.05, 3.63) is 40.9 Å². The fraction of sp³-hybridized carbons (Fsp3) is 0.565. The van der Waals surface area contributed by atoms with E-state index in [1.54, 1.807) is 4.90 Å². The molecule has 1 aliphatic carbocycles. The van der Waals surface area contributed by atoms with Crippen molar-refractivity contribution in [1.29, 1.82) is 0 Å². The van der Waals surface area contributed by atoms with E-state index in [0.29, 0.717) is 17.2 Å². The minimum absolute atomic E-state index is 0.0412. The Morgan fingerprint density at radius 1 is 1.13 bits per heavy atom. The lowest BCUT2D eigenvalue weighted by atomic mass is 9.75. The van der Waals surface area contributed by atoms with Gasteiger partial charge in [-0.25, -0.2) is 13.4 Å². The van der Waals surface area contributed by atoms with Crippen molar-refractivity contribution >= 4 is 27.3 Å². The molecule has 2 heterocycles. The van der Waals surface area contributed by atoms with E-state index in [-0.39, 0.29) is 42.3 Å². The van der Waals surface area contributed by atoms with Crippen LogP contribution in [0.15, 0.2) is 28.7 Å². The standard InChI is InChI=1S/C23H29ClN2O4S/c1-23(11-3-2-4-12-23)22-25-21(17-5-7-18(24)8-6-17)19(30-22)9-10-20(27)26-13-15-31(28,29)16-14-26/h5-8H,2-4,9-16H2,1H3. The molecule has 1 amide bonds. The molecule has 6 nitrogen and oxygen atoms in total. The van der Waals surface area contributed by atoms with Gasteiger partial charge in [0.05, 0.1) is 11.5 Å². The Bertz CT molecular complexity index is 1030. The second-order valence-corrected chi connectivity index (χ2v) is 11.7. The maximum atomic E-state index is 12.7. The number of amides is 1. The topological polar surface area (TPSA) is 80.5 Å². The highest BCUT2D eigenvalue weighted by Crippen LogP contribution is 2.40. The van der Waals surface area contributed by atoms with Gasteiger partial charge in [0.25, 0.3) is 0 Å². The molecule has 168 valence electrons. The Morgan fingerprint density at radius 3 is 2.42 bits per heavy atom. The van der Waals surface area contributed by atoms with Gasteiger partial charge in [0, 0.05) is 41.9 Å². The van der Waals surface area contributed by atoms with Crippen molar-refractivity contribution in [2.45, 2.75) is 57.3 Å². The molecule has 2 aliphatic rings. The number of carbonyl (C=O) groups excluding carboxylic acids is 1. The van der Waals surface area contributed by atoms with Crippen LogP contribution in [0.5, 0.6) is 0 Å². The average Bonchev–Trinajstić information content (AvgIpc) is 3.18. The van der Waals surface area contributed by atoms with Crippen LogP contribution >= 0.6 is 11.6 Å². The van der Waals surface area contributed by atoms with Crippen molar-refractivity contribution in [2.24, 2.45) is 0 Å². The first-order valence-corrected chi connectivity index (χ1v) is 13.2. The second kappa shape index (κ2) is 8.94. The summed E-state index contributed by atoms with van der Waals surface area (Å²) in [5, 5.41) is 0.656. The van der Waals surface area contributed by atoms with Crippen LogP contribution in [0.2, 0.25) is 5.02 Å². The fourth-order valence-corrected chi connectivity index (χ4v) is 5.83. The summed E-state index contributed by atoms with van der Waals surface area (Å²) in [4.78, 5) is 19.2. The monoisotopic (exact) mass is 464 g/mol. The van der Waals surface area contributed by atoms with Crippen LogP contribution in [0, 0.1) is 0 Å². The zero-order chi connectivity index (χ0) is 22.1. The summed E-state index contributed by atoms with van der Waals surface area (Å²) in [6.45, 7) is 2.75. The number of halogens is 1. The Labute approximate surface area is 188 Å². The van der Waals surface area contributed by atoms with Crippen LogP contribution in [0.4, 0.5) is 0 Å². The molecular formula is C23H29ClN2O4S. The Hall–Kier alpha value is -1.86. The predicted octanol–water partition coefficient (Wildman–Crippen LogP) is 4.41. The highest BCUT2D eigenvalue weighted by molar-refractivity contribution is 7.91. The second-order valence-electron chi connectivity index (χ2n) is 8.95. The number of hydrogen-bond donors (Lipinski definition) is 0. The molecular weight excluding hydrogens is 436 g/mol. The molecule has 1 aliphatic heterocycles. The summed E-state index contributed by atoms with van der Waals surface area (Å²) in [6, 6.07) is 7.51. The van der Waals surface area contributed by atoms with Gasteiger partial charge in [0.1, 0.15) is 11.5 Å². The molecule has 0 radical (unpaired) electrons. The van der Waals surface area contributed by atoms with Crippen LogP contribution in [-0.4, -0.2) is 48.8 Å². The van der Waals surface area contributed by atoms with Gasteiger partial charge >= 0.3 is 0 Å². The molecule has 8 heteroatoms. The van der Waals surface area contributed by atoms with Crippen LogP contribution in [0.1, 0.15) is 57.1 Å². The van der Waals surface area contributed by atoms with Gasteiger partial charge in [-0.15, -0.1) is 0 Å². The molecule has 1 saturated carbocycles. The van der Waals surface area contributed by atoms with E-state index in [1.165, 1.54) is 19.3 Å². The van der Waals surface area contributed by atoms with Crippen LogP contribution in [0.3, 0.4) is 0 Å². The largest absolute Gasteiger partial charge is 0.444 e. The van der Waals surface area contributed by atoms with Gasteiger partial charge in [-0.3, -0.25) is 4.79 Å². The van der Waals surface area contributed by atoms with Crippen LogP contribution < -0.4 is 0 Å². The number of hydrogen-bond acceptors (Lipinski definition) is 5. The van der Waals surface area contributed by atoms with E-state index in [2.05, 4.69) is 6.92 Å². The lowest BCUT2D eigenvalue weighted by Crippen LogP contribution is -2.43. The number of aryl methyl sites for hydroxylation is 1. The van der Waals surface area contributed by atoms with E-state index in [4.69, 9.17) is 21.0 Å². The van der Waals surface area contributed by atoms with Crippen molar-refractivity contribution < 1.29 is 17.6 Å². The first-order chi connectivity index (χ1) is 14.8. The minimum atomic E-state index is -3.01. The maximum absolute atomic E-state index is 12.7. The fourth-order valence-electron chi connectivity index (χ4n) is 4.50. The number of rotatable bonds is 5. The molecule has 0 atom stereocenters. The number of oxazole rings is 1. The molecule has 31 heavy (non-hydrogen) atoms. The summed E-state index contributed by atoms with van der Waals surface area (Å²) in [6.07, 6.45) is 6.38. The lowest BCUT2D eigenvalue weighted by molar-refractivity contribution is -0.130. The Kier molecular flexibility index (Phi) is 6.44. The SMILES string of the molecule is CC1(c2nc(-c3ccc(Cl)cc3)c(CCC(=O)N3CCS(=O)(=O)CC3)o2)CCCCC1. The quantitative estimate of drug-likeness (QED) is 0.654. The predicted molar refractivity (Wildman–Crippen MR) is 121 cm³/mol. The van der Waals surface area contributed by atoms with E-state index in [0.717, 1.165) is 30.0 Å². The zero-order valence-electron chi connectivity index (χ0n) is 17.9. The highest BCUT2D eigenvalue weighted by Gasteiger charge is 2.35. The number of carbonyl (C=O) groups is 1. The molecule has 0 N–H and O–H groups in total. The third kappa shape index (κ3) is 5.14. The summed E-state index contributed by atoms with van der Waals surface area (Å²) >= 11 is 6.06. The lowest BCUT2D eigenvalue weighted by Gasteiger charge is -2.30. The summed E-state index contributed by atoms with van der Waals surface area (Å²) in [5.74, 6) is 1.50. The molecule has 0 unspecified atom stereocenters. The molecule has 4 rings (SSSR count). The molecule has 1 saturated heterocycles. The van der Waals surface area contributed by atoms with E-state index in [1.807, 2.05) is 24.3 Å². The number of benzene rings is 1. The maximum Gasteiger partial charge on any atom is 0.223 e. The van der Waals surface area contributed by atoms with Crippen molar-refractivity contribution in [3.63, 3.8) is 0 Å². The van der Waals surface area contributed by atoms with Crippen LogP contribution in [0.25, 0.3) is 11.3 Å². The van der Waals surface area contributed by atoms with E-state index in [9.17, 15) is 13.2 Å². The molecule has 0 spiro atoms. The van der Waals surface area contributed by atoms with Crippen LogP contribution in [-0.2, 0) is 26.5 Å². The van der Waals surface area contributed by atoms with Gasteiger partial charge in [-0.2, -0.15) is 0 Å². The molecule has 2 fully saturated rings. The summed E-state index contributed by atoms with van der Waals surface area (Å²) in [7, 11) is -3.01. The minimum Gasteiger partial charge on any atom is -0.444 e. The van der Waals surface area contributed by atoms with Gasteiger partial charge in [-0.05, 0) is 25.0 Å².